The molecule has 0 amide bonds. The third-order valence-corrected chi connectivity index (χ3v) is 4.70. The number of hydrogen-bond acceptors (Lipinski definition) is 6. The van der Waals surface area contributed by atoms with E-state index >= 15 is 0 Å². The maximum atomic E-state index is 12.3. The van der Waals surface area contributed by atoms with Gasteiger partial charge >= 0.3 is 0 Å². The molecule has 25 heavy (non-hydrogen) atoms. The summed E-state index contributed by atoms with van der Waals surface area (Å²) in [6.07, 6.45) is 1.62. The Labute approximate surface area is 149 Å². The predicted molar refractivity (Wildman–Crippen MR) is 95.7 cm³/mol. The van der Waals surface area contributed by atoms with E-state index in [1.165, 1.54) is 35.5 Å². The van der Waals surface area contributed by atoms with Crippen molar-refractivity contribution in [3.8, 4) is 17.2 Å². The van der Waals surface area contributed by atoms with Crippen molar-refractivity contribution in [1.82, 2.24) is 14.8 Å². The van der Waals surface area contributed by atoms with Gasteiger partial charge in [-0.25, -0.2) is 0 Å². The number of carbonyl (C=O) groups is 1. The summed E-state index contributed by atoms with van der Waals surface area (Å²) in [7, 11) is 0. The number of carbonyl (C=O) groups excluding carboxylic acids is 1. The lowest BCUT2D eigenvalue weighted by Crippen LogP contribution is -2.04. The molecule has 6 nitrogen and oxygen atoms in total. The summed E-state index contributed by atoms with van der Waals surface area (Å²) in [5.41, 5.74) is 3.57. The lowest BCUT2D eigenvalue weighted by Gasteiger charge is -2.10. The van der Waals surface area contributed by atoms with E-state index in [0.717, 1.165) is 11.3 Å². The molecule has 0 fully saturated rings. The largest absolute Gasteiger partial charge is 0.504 e. The number of nitrogens with zero attached hydrogens (tertiary/aromatic N) is 3. The van der Waals surface area contributed by atoms with Crippen LogP contribution in [0.3, 0.4) is 0 Å². The Morgan fingerprint density at radius 3 is 2.64 bits per heavy atom. The molecule has 0 bridgehead atoms. The average molecular weight is 355 g/mol. The molecule has 7 heteroatoms. The average Bonchev–Trinajstić information content (AvgIpc) is 3.03. The van der Waals surface area contributed by atoms with E-state index in [9.17, 15) is 15.0 Å². The minimum absolute atomic E-state index is 0.147. The molecule has 1 aromatic heterocycles. The van der Waals surface area contributed by atoms with Crippen LogP contribution in [0.4, 0.5) is 0 Å². The summed E-state index contributed by atoms with van der Waals surface area (Å²) < 4.78 is 1.85. The van der Waals surface area contributed by atoms with E-state index < -0.39 is 0 Å². The Kier molecular flexibility index (Phi) is 4.76. The van der Waals surface area contributed by atoms with E-state index in [1.807, 2.05) is 30.5 Å². The summed E-state index contributed by atoms with van der Waals surface area (Å²) >= 11 is 1.27. The molecular formula is C18H17N3O3S. The van der Waals surface area contributed by atoms with Crippen molar-refractivity contribution in [2.45, 2.75) is 19.0 Å². The number of benzene rings is 2. The molecule has 0 atom stereocenters. The number of aryl methyl sites for hydroxylation is 2. The highest BCUT2D eigenvalue weighted by Crippen LogP contribution is 2.27. The van der Waals surface area contributed by atoms with Crippen LogP contribution in [0.5, 0.6) is 11.5 Å². The Bertz CT molecular complexity index is 937. The monoisotopic (exact) mass is 355 g/mol. The zero-order chi connectivity index (χ0) is 18.0. The molecule has 3 aromatic rings. The molecule has 0 aliphatic carbocycles. The van der Waals surface area contributed by atoms with Crippen molar-refractivity contribution in [1.29, 1.82) is 0 Å². The summed E-state index contributed by atoms with van der Waals surface area (Å²) in [5, 5.41) is 27.5. The van der Waals surface area contributed by atoms with Gasteiger partial charge in [0, 0.05) is 5.56 Å². The quantitative estimate of drug-likeness (QED) is 0.415. The molecule has 2 aromatic carbocycles. The van der Waals surface area contributed by atoms with E-state index in [0.29, 0.717) is 10.7 Å². The van der Waals surface area contributed by atoms with Gasteiger partial charge in [-0.3, -0.25) is 9.36 Å². The number of rotatable bonds is 5. The first-order valence-electron chi connectivity index (χ1n) is 7.61. The van der Waals surface area contributed by atoms with Crippen LogP contribution in [0, 0.1) is 13.8 Å². The number of thioether (sulfide) groups is 1. The number of phenols is 2. The van der Waals surface area contributed by atoms with Crippen LogP contribution in [0.25, 0.3) is 5.69 Å². The van der Waals surface area contributed by atoms with Crippen LogP contribution in [-0.2, 0) is 0 Å². The predicted octanol–water partition coefficient (Wildman–Crippen LogP) is 3.27. The topological polar surface area (TPSA) is 88.2 Å². The first-order valence-corrected chi connectivity index (χ1v) is 8.60. The van der Waals surface area contributed by atoms with Crippen LogP contribution in [0.1, 0.15) is 21.5 Å². The fourth-order valence-electron chi connectivity index (χ4n) is 2.47. The summed E-state index contributed by atoms with van der Waals surface area (Å²) in [5.74, 6) is -0.586. The second-order valence-corrected chi connectivity index (χ2v) is 6.63. The molecule has 0 saturated carbocycles. The summed E-state index contributed by atoms with van der Waals surface area (Å²) in [4.78, 5) is 12.3. The van der Waals surface area contributed by atoms with E-state index in [1.54, 1.807) is 6.33 Å². The van der Waals surface area contributed by atoms with Gasteiger partial charge in [0.25, 0.3) is 0 Å². The maximum absolute atomic E-state index is 12.3. The highest BCUT2D eigenvalue weighted by molar-refractivity contribution is 7.99. The SMILES string of the molecule is Cc1ccc(-n2cnnc2SCC(=O)c2ccc(O)c(O)c2)c(C)c1. The van der Waals surface area contributed by atoms with Crippen LogP contribution >= 0.6 is 11.8 Å². The van der Waals surface area contributed by atoms with Crippen molar-refractivity contribution < 1.29 is 15.0 Å². The van der Waals surface area contributed by atoms with Gasteiger partial charge in [-0.1, -0.05) is 29.5 Å². The molecule has 0 spiro atoms. The van der Waals surface area contributed by atoms with Gasteiger partial charge in [0.2, 0.25) is 0 Å². The van der Waals surface area contributed by atoms with Crippen molar-refractivity contribution in [2.24, 2.45) is 0 Å². The first-order chi connectivity index (χ1) is 12.0. The number of ketones is 1. The molecule has 3 rings (SSSR count). The van der Waals surface area contributed by atoms with Gasteiger partial charge in [0.05, 0.1) is 11.4 Å². The van der Waals surface area contributed by atoms with Gasteiger partial charge in [0.15, 0.2) is 22.4 Å². The number of hydrogen-bond donors (Lipinski definition) is 2. The summed E-state index contributed by atoms with van der Waals surface area (Å²) in [6, 6.07) is 10.1. The molecule has 0 unspecified atom stereocenters. The Balaban J connectivity index is 1.77. The van der Waals surface area contributed by atoms with Crippen LogP contribution in [0.2, 0.25) is 0 Å². The van der Waals surface area contributed by atoms with Gasteiger partial charge in [-0.15, -0.1) is 10.2 Å². The molecule has 1 heterocycles. The van der Waals surface area contributed by atoms with Gasteiger partial charge in [-0.05, 0) is 43.7 Å². The normalized spacial score (nSPS) is 10.8. The summed E-state index contributed by atoms with van der Waals surface area (Å²) in [6.45, 7) is 4.05. The van der Waals surface area contributed by atoms with Gasteiger partial charge in [0.1, 0.15) is 6.33 Å². The van der Waals surface area contributed by atoms with Crippen LogP contribution in [-0.4, -0.2) is 36.5 Å². The van der Waals surface area contributed by atoms with Crippen molar-refractivity contribution in [3.63, 3.8) is 0 Å². The lowest BCUT2D eigenvalue weighted by atomic mass is 10.1. The Hall–Kier alpha value is -2.80. The maximum Gasteiger partial charge on any atom is 0.196 e. The number of phenolic OH excluding ortho intramolecular Hbond substituents is 2. The number of Topliss-reactive ketones (excluding diaryl/α,β-unsaturated/α-hetero) is 1. The number of aromatic hydroxyl groups is 2. The Morgan fingerprint density at radius 1 is 1.12 bits per heavy atom. The van der Waals surface area contributed by atoms with Gasteiger partial charge in [-0.2, -0.15) is 0 Å². The van der Waals surface area contributed by atoms with Crippen LogP contribution in [0.15, 0.2) is 47.9 Å². The van der Waals surface area contributed by atoms with Crippen molar-refractivity contribution in [2.75, 3.05) is 5.75 Å². The second kappa shape index (κ2) is 6.98. The molecule has 0 radical (unpaired) electrons. The Morgan fingerprint density at radius 2 is 1.92 bits per heavy atom. The zero-order valence-electron chi connectivity index (χ0n) is 13.8. The van der Waals surface area contributed by atoms with E-state index in [2.05, 4.69) is 16.3 Å². The molecule has 0 aliphatic rings. The van der Waals surface area contributed by atoms with Crippen LogP contribution < -0.4 is 0 Å². The molecule has 2 N–H and O–H groups in total. The van der Waals surface area contributed by atoms with Crippen molar-refractivity contribution >= 4 is 17.5 Å². The highest BCUT2D eigenvalue weighted by atomic mass is 32.2. The van der Waals surface area contributed by atoms with Gasteiger partial charge < -0.3 is 10.2 Å². The molecule has 0 aliphatic heterocycles. The van der Waals surface area contributed by atoms with E-state index in [4.69, 9.17) is 0 Å². The minimum Gasteiger partial charge on any atom is -0.504 e. The minimum atomic E-state index is -0.311. The molecule has 0 saturated heterocycles. The van der Waals surface area contributed by atoms with Crippen molar-refractivity contribution in [3.05, 3.63) is 59.4 Å². The molecular weight excluding hydrogens is 338 g/mol. The fourth-order valence-corrected chi connectivity index (χ4v) is 3.29. The smallest absolute Gasteiger partial charge is 0.196 e. The fraction of sp³-hybridized carbons (Fsp3) is 0.167. The molecule has 128 valence electrons. The zero-order valence-corrected chi connectivity index (χ0v) is 14.6. The third-order valence-electron chi connectivity index (χ3n) is 3.76. The second-order valence-electron chi connectivity index (χ2n) is 5.69. The highest BCUT2D eigenvalue weighted by Gasteiger charge is 2.14. The van der Waals surface area contributed by atoms with E-state index in [-0.39, 0.29) is 23.0 Å². The number of aromatic nitrogens is 3. The standard InChI is InChI=1S/C18H17N3O3S/c1-11-3-5-14(12(2)7-11)21-10-19-20-18(21)25-9-17(24)13-4-6-15(22)16(23)8-13/h3-8,10,22-23H,9H2,1-2H3. The lowest BCUT2D eigenvalue weighted by molar-refractivity contribution is 0.102. The first kappa shape index (κ1) is 17.0. The third kappa shape index (κ3) is 3.66.